The summed E-state index contributed by atoms with van der Waals surface area (Å²) in [6, 6.07) is 14.9. The van der Waals surface area contributed by atoms with Gasteiger partial charge in [-0.15, -0.1) is 0 Å². The van der Waals surface area contributed by atoms with Gasteiger partial charge in [0, 0.05) is 10.6 Å². The number of halogens is 1. The SMILES string of the molecule is CCC1CCc2c(cccc2-c2ccccc2Cl)C1. The molecule has 0 saturated carbocycles. The molecule has 0 amide bonds. The molecule has 0 spiro atoms. The van der Waals surface area contributed by atoms with E-state index in [1.165, 1.54) is 47.9 Å². The van der Waals surface area contributed by atoms with Crippen molar-refractivity contribution < 1.29 is 0 Å². The second kappa shape index (κ2) is 5.38. The van der Waals surface area contributed by atoms with Crippen molar-refractivity contribution in [3.63, 3.8) is 0 Å². The molecule has 0 fully saturated rings. The molecule has 0 N–H and O–H groups in total. The quantitative estimate of drug-likeness (QED) is 0.674. The van der Waals surface area contributed by atoms with E-state index >= 15 is 0 Å². The van der Waals surface area contributed by atoms with Gasteiger partial charge in [0.05, 0.1) is 0 Å². The van der Waals surface area contributed by atoms with Gasteiger partial charge in [-0.3, -0.25) is 0 Å². The summed E-state index contributed by atoms with van der Waals surface area (Å²) < 4.78 is 0. The Hall–Kier alpha value is -1.27. The first-order valence-corrected chi connectivity index (χ1v) is 7.53. The van der Waals surface area contributed by atoms with E-state index in [1.54, 1.807) is 0 Å². The fourth-order valence-corrected chi connectivity index (χ4v) is 3.40. The maximum Gasteiger partial charge on any atom is 0.0484 e. The van der Waals surface area contributed by atoms with Crippen LogP contribution in [0.2, 0.25) is 5.02 Å². The fraction of sp³-hybridized carbons (Fsp3) is 0.333. The van der Waals surface area contributed by atoms with E-state index in [4.69, 9.17) is 11.6 Å². The summed E-state index contributed by atoms with van der Waals surface area (Å²) in [5.74, 6) is 0.856. The van der Waals surface area contributed by atoms with Crippen molar-refractivity contribution in [3.05, 3.63) is 58.6 Å². The lowest BCUT2D eigenvalue weighted by Crippen LogP contribution is -2.14. The van der Waals surface area contributed by atoms with Gasteiger partial charge in [-0.05, 0) is 47.9 Å². The summed E-state index contributed by atoms with van der Waals surface area (Å²) in [6.07, 6.45) is 5.01. The summed E-state index contributed by atoms with van der Waals surface area (Å²) >= 11 is 6.36. The summed E-state index contributed by atoms with van der Waals surface area (Å²) in [5, 5.41) is 0.855. The Morgan fingerprint density at radius 1 is 1.05 bits per heavy atom. The molecule has 2 aromatic rings. The molecule has 3 rings (SSSR count). The molecular formula is C18H19Cl. The second-order valence-corrected chi connectivity index (χ2v) is 5.85. The molecule has 1 aliphatic carbocycles. The highest BCUT2D eigenvalue weighted by Gasteiger charge is 2.20. The Bertz CT molecular complexity index is 586. The van der Waals surface area contributed by atoms with Gasteiger partial charge in [0.15, 0.2) is 0 Å². The van der Waals surface area contributed by atoms with Crippen LogP contribution in [-0.2, 0) is 12.8 Å². The van der Waals surface area contributed by atoms with E-state index in [1.807, 2.05) is 12.1 Å². The molecule has 98 valence electrons. The van der Waals surface area contributed by atoms with Crippen LogP contribution in [0.5, 0.6) is 0 Å². The van der Waals surface area contributed by atoms with E-state index in [0.29, 0.717) is 0 Å². The summed E-state index contributed by atoms with van der Waals surface area (Å²) in [6.45, 7) is 2.30. The molecule has 0 radical (unpaired) electrons. The normalized spacial score (nSPS) is 18.1. The Balaban J connectivity index is 2.08. The number of hydrogen-bond acceptors (Lipinski definition) is 0. The average Bonchev–Trinajstić information content (AvgIpc) is 2.46. The summed E-state index contributed by atoms with van der Waals surface area (Å²) in [4.78, 5) is 0. The Labute approximate surface area is 120 Å². The lowest BCUT2D eigenvalue weighted by molar-refractivity contribution is 0.445. The fourth-order valence-electron chi connectivity index (χ4n) is 3.16. The number of benzene rings is 2. The van der Waals surface area contributed by atoms with Gasteiger partial charge in [0.25, 0.3) is 0 Å². The van der Waals surface area contributed by atoms with Gasteiger partial charge in [-0.2, -0.15) is 0 Å². The predicted molar refractivity (Wildman–Crippen MR) is 82.7 cm³/mol. The minimum Gasteiger partial charge on any atom is -0.0837 e. The van der Waals surface area contributed by atoms with Crippen LogP contribution in [0.3, 0.4) is 0 Å². The van der Waals surface area contributed by atoms with Gasteiger partial charge in [0.2, 0.25) is 0 Å². The number of fused-ring (bicyclic) bond motifs is 1. The molecule has 0 bridgehead atoms. The maximum absolute atomic E-state index is 6.36. The first kappa shape index (κ1) is 12.7. The average molecular weight is 271 g/mol. The Morgan fingerprint density at radius 2 is 1.84 bits per heavy atom. The van der Waals surface area contributed by atoms with Gasteiger partial charge in [-0.1, -0.05) is 61.3 Å². The van der Waals surface area contributed by atoms with Crippen LogP contribution < -0.4 is 0 Å². The van der Waals surface area contributed by atoms with Crippen LogP contribution in [0.15, 0.2) is 42.5 Å². The van der Waals surface area contributed by atoms with Gasteiger partial charge in [-0.25, -0.2) is 0 Å². The van der Waals surface area contributed by atoms with Crippen molar-refractivity contribution in [2.75, 3.05) is 0 Å². The first-order valence-electron chi connectivity index (χ1n) is 7.15. The predicted octanol–water partition coefficient (Wildman–Crippen LogP) is 5.52. The molecule has 0 saturated heterocycles. The van der Waals surface area contributed by atoms with E-state index in [9.17, 15) is 0 Å². The monoisotopic (exact) mass is 270 g/mol. The van der Waals surface area contributed by atoms with Crippen molar-refractivity contribution in [3.8, 4) is 11.1 Å². The van der Waals surface area contributed by atoms with E-state index in [0.717, 1.165) is 10.9 Å². The van der Waals surface area contributed by atoms with E-state index in [-0.39, 0.29) is 0 Å². The molecule has 0 aliphatic heterocycles. The highest BCUT2D eigenvalue weighted by Crippen LogP contribution is 2.36. The molecule has 0 aromatic heterocycles. The zero-order valence-electron chi connectivity index (χ0n) is 11.3. The number of hydrogen-bond donors (Lipinski definition) is 0. The van der Waals surface area contributed by atoms with Crippen LogP contribution in [0.25, 0.3) is 11.1 Å². The van der Waals surface area contributed by atoms with Crippen molar-refractivity contribution in [1.82, 2.24) is 0 Å². The lowest BCUT2D eigenvalue weighted by Gasteiger charge is -2.26. The maximum atomic E-state index is 6.36. The van der Waals surface area contributed by atoms with Crippen molar-refractivity contribution in [2.24, 2.45) is 5.92 Å². The van der Waals surface area contributed by atoms with Gasteiger partial charge < -0.3 is 0 Å². The highest BCUT2D eigenvalue weighted by molar-refractivity contribution is 6.33. The number of rotatable bonds is 2. The van der Waals surface area contributed by atoms with Gasteiger partial charge >= 0.3 is 0 Å². The third kappa shape index (κ3) is 2.42. The molecule has 0 heterocycles. The molecular weight excluding hydrogens is 252 g/mol. The van der Waals surface area contributed by atoms with Crippen molar-refractivity contribution >= 4 is 11.6 Å². The molecule has 2 aromatic carbocycles. The van der Waals surface area contributed by atoms with Crippen LogP contribution >= 0.6 is 11.6 Å². The van der Waals surface area contributed by atoms with E-state index in [2.05, 4.69) is 37.3 Å². The Kier molecular flexibility index (Phi) is 3.61. The minimum atomic E-state index is 0.855. The Morgan fingerprint density at radius 3 is 2.63 bits per heavy atom. The first-order chi connectivity index (χ1) is 9.29. The van der Waals surface area contributed by atoms with Crippen molar-refractivity contribution in [1.29, 1.82) is 0 Å². The molecule has 1 heteroatoms. The van der Waals surface area contributed by atoms with Crippen LogP contribution in [0, 0.1) is 5.92 Å². The molecule has 1 aliphatic rings. The van der Waals surface area contributed by atoms with Crippen LogP contribution in [0.1, 0.15) is 30.9 Å². The standard InChI is InChI=1S/C18H19Cl/c1-2-13-10-11-15-14(12-13)6-5-8-16(15)17-7-3-4-9-18(17)19/h3-9,13H,2,10-12H2,1H3. The molecule has 1 atom stereocenters. The third-order valence-electron chi connectivity index (χ3n) is 4.33. The largest absolute Gasteiger partial charge is 0.0837 e. The van der Waals surface area contributed by atoms with Crippen LogP contribution in [-0.4, -0.2) is 0 Å². The molecule has 0 nitrogen and oxygen atoms in total. The smallest absolute Gasteiger partial charge is 0.0484 e. The summed E-state index contributed by atoms with van der Waals surface area (Å²) in [5.41, 5.74) is 5.55. The van der Waals surface area contributed by atoms with Crippen LogP contribution in [0.4, 0.5) is 0 Å². The van der Waals surface area contributed by atoms with Gasteiger partial charge in [0.1, 0.15) is 0 Å². The highest BCUT2D eigenvalue weighted by atomic mass is 35.5. The van der Waals surface area contributed by atoms with Crippen molar-refractivity contribution in [2.45, 2.75) is 32.6 Å². The second-order valence-electron chi connectivity index (χ2n) is 5.44. The van der Waals surface area contributed by atoms with E-state index < -0.39 is 0 Å². The topological polar surface area (TPSA) is 0 Å². The molecule has 19 heavy (non-hydrogen) atoms. The molecule has 1 unspecified atom stereocenters. The summed E-state index contributed by atoms with van der Waals surface area (Å²) in [7, 11) is 0. The minimum absolute atomic E-state index is 0.855. The lowest BCUT2D eigenvalue weighted by atomic mass is 9.79. The zero-order chi connectivity index (χ0) is 13.2. The zero-order valence-corrected chi connectivity index (χ0v) is 12.1. The third-order valence-corrected chi connectivity index (χ3v) is 4.66.